The summed E-state index contributed by atoms with van der Waals surface area (Å²) < 4.78 is 5.53. The fourth-order valence-electron chi connectivity index (χ4n) is 4.57. The molecule has 1 heterocycles. The van der Waals surface area contributed by atoms with Crippen LogP contribution in [-0.4, -0.2) is 36.7 Å². The molecule has 1 aromatic carbocycles. The molecule has 3 rings (SSSR count). The van der Waals surface area contributed by atoms with Crippen LogP contribution in [-0.2, 0) is 6.42 Å². The fourth-order valence-corrected chi connectivity index (χ4v) is 4.57. The molecule has 0 unspecified atom stereocenters. The first-order chi connectivity index (χ1) is 12.7. The fraction of sp³-hybridized carbons (Fsp3) is 0.682. The molecule has 1 fully saturated rings. The number of ether oxygens (including phenoxy) is 1. The zero-order chi connectivity index (χ0) is 18.4. The molecule has 0 saturated carbocycles. The number of likely N-dealkylation sites (tertiary alicyclic amines) is 1. The minimum atomic E-state index is -0.325. The van der Waals surface area contributed by atoms with Gasteiger partial charge in [-0.25, -0.2) is 4.79 Å². The molecular weight excluding hydrogens is 324 g/mol. The highest BCUT2D eigenvalue weighted by Gasteiger charge is 2.40. The Labute approximate surface area is 158 Å². The molecule has 1 aliphatic heterocycles. The highest BCUT2D eigenvalue weighted by atomic mass is 16.6. The van der Waals surface area contributed by atoms with Crippen LogP contribution in [0.25, 0.3) is 0 Å². The average molecular weight is 359 g/mol. The van der Waals surface area contributed by atoms with Gasteiger partial charge in [0.2, 0.25) is 0 Å². The van der Waals surface area contributed by atoms with Crippen LogP contribution in [0.1, 0.15) is 75.8 Å². The molecule has 1 N–H and O–H groups in total. The van der Waals surface area contributed by atoms with Crippen LogP contribution in [0, 0.1) is 0 Å². The first kappa shape index (κ1) is 19.2. The van der Waals surface area contributed by atoms with E-state index < -0.39 is 0 Å². The summed E-state index contributed by atoms with van der Waals surface area (Å²) in [7, 11) is 0. The first-order valence-electron chi connectivity index (χ1n) is 10.6. The van der Waals surface area contributed by atoms with Crippen LogP contribution in [0.15, 0.2) is 18.2 Å². The molecule has 1 saturated heterocycles. The zero-order valence-corrected chi connectivity index (χ0v) is 16.4. The Balaban J connectivity index is 1.49. The Morgan fingerprint density at radius 1 is 1.19 bits per heavy atom. The second-order valence-corrected chi connectivity index (χ2v) is 7.79. The Bertz CT molecular complexity index is 602. The predicted octanol–water partition coefficient (Wildman–Crippen LogP) is 4.87. The monoisotopic (exact) mass is 358 g/mol. The van der Waals surface area contributed by atoms with Gasteiger partial charge in [0.15, 0.2) is 0 Å². The zero-order valence-electron chi connectivity index (χ0n) is 16.4. The van der Waals surface area contributed by atoms with Gasteiger partial charge in [-0.1, -0.05) is 45.6 Å². The van der Waals surface area contributed by atoms with E-state index in [4.69, 9.17) is 4.74 Å². The normalized spacial score (nSPS) is 21.5. The summed E-state index contributed by atoms with van der Waals surface area (Å²) in [5.74, 6) is 1.29. The minimum absolute atomic E-state index is 0.325. The predicted molar refractivity (Wildman–Crippen MR) is 106 cm³/mol. The average Bonchev–Trinajstić information content (AvgIpc) is 3.18. The molecular formula is C22H34N2O2. The number of fused-ring (bicyclic) bond motifs is 3. The highest BCUT2D eigenvalue weighted by molar-refractivity contribution is 5.70. The molecule has 1 amide bonds. The lowest BCUT2D eigenvalue weighted by molar-refractivity contribution is 0.200. The summed E-state index contributed by atoms with van der Waals surface area (Å²) in [6, 6.07) is 6.86. The third-order valence-electron chi connectivity index (χ3n) is 5.88. The second-order valence-electron chi connectivity index (χ2n) is 7.79. The number of benzene rings is 1. The maximum atomic E-state index is 12.0. The van der Waals surface area contributed by atoms with Gasteiger partial charge in [-0.15, -0.1) is 0 Å². The van der Waals surface area contributed by atoms with Crippen molar-refractivity contribution in [2.45, 2.75) is 77.2 Å². The van der Waals surface area contributed by atoms with E-state index in [1.165, 1.54) is 62.7 Å². The van der Waals surface area contributed by atoms with Gasteiger partial charge in [0, 0.05) is 18.5 Å². The summed E-state index contributed by atoms with van der Waals surface area (Å²) in [5.41, 5.74) is 2.84. The SMILES string of the molecule is CCCCCCCNC(=O)Oc1ccc2c(c1)[C@@H]1CCN(CCC)[C@@H]1C2. The van der Waals surface area contributed by atoms with E-state index in [0.717, 1.165) is 12.8 Å². The molecule has 0 aromatic heterocycles. The minimum Gasteiger partial charge on any atom is -0.410 e. The number of hydrogen-bond donors (Lipinski definition) is 1. The molecule has 1 aromatic rings. The second kappa shape index (κ2) is 9.40. The number of amides is 1. The van der Waals surface area contributed by atoms with Crippen LogP contribution in [0.5, 0.6) is 5.75 Å². The van der Waals surface area contributed by atoms with Crippen LogP contribution >= 0.6 is 0 Å². The van der Waals surface area contributed by atoms with Crippen molar-refractivity contribution < 1.29 is 9.53 Å². The lowest BCUT2D eigenvalue weighted by Gasteiger charge is -2.22. The van der Waals surface area contributed by atoms with E-state index in [2.05, 4.69) is 36.2 Å². The van der Waals surface area contributed by atoms with E-state index in [-0.39, 0.29) is 6.09 Å². The van der Waals surface area contributed by atoms with Crippen LogP contribution in [0.3, 0.4) is 0 Å². The number of carbonyl (C=O) groups excluding carboxylic acids is 1. The number of nitrogens with zero attached hydrogens (tertiary/aromatic N) is 1. The summed E-state index contributed by atoms with van der Waals surface area (Å²) in [6.07, 6.45) is 9.22. The van der Waals surface area contributed by atoms with Crippen LogP contribution in [0.2, 0.25) is 0 Å². The topological polar surface area (TPSA) is 41.6 Å². The molecule has 2 atom stereocenters. The first-order valence-corrected chi connectivity index (χ1v) is 10.6. The quantitative estimate of drug-likeness (QED) is 0.640. The Hall–Kier alpha value is -1.55. The van der Waals surface area contributed by atoms with Gasteiger partial charge in [0.05, 0.1) is 0 Å². The van der Waals surface area contributed by atoms with Crippen molar-refractivity contribution >= 4 is 6.09 Å². The summed E-state index contributed by atoms with van der Waals surface area (Å²) in [6.45, 7) is 7.56. The molecule has 0 radical (unpaired) electrons. The number of unbranched alkanes of at least 4 members (excludes halogenated alkanes) is 4. The third-order valence-corrected chi connectivity index (χ3v) is 5.88. The van der Waals surface area contributed by atoms with E-state index in [1.54, 1.807) is 0 Å². The molecule has 4 heteroatoms. The molecule has 0 bridgehead atoms. The highest BCUT2D eigenvalue weighted by Crippen LogP contribution is 2.44. The number of nitrogens with one attached hydrogen (secondary N) is 1. The Morgan fingerprint density at radius 2 is 2.04 bits per heavy atom. The van der Waals surface area contributed by atoms with Gasteiger partial charge in [-0.2, -0.15) is 0 Å². The molecule has 4 nitrogen and oxygen atoms in total. The van der Waals surface area contributed by atoms with Crippen molar-refractivity contribution in [3.8, 4) is 5.75 Å². The standard InChI is InChI=1S/C22H34N2O2/c1-3-5-6-7-8-12-23-22(25)26-18-10-9-17-15-21-19(20(17)16-18)11-14-24(21)13-4-2/h9-10,16,19,21H,3-8,11-15H2,1-2H3,(H,23,25)/t19-,21+/m0/s1. The molecule has 144 valence electrons. The molecule has 26 heavy (non-hydrogen) atoms. The van der Waals surface area contributed by atoms with Crippen molar-refractivity contribution in [1.82, 2.24) is 10.2 Å². The van der Waals surface area contributed by atoms with Crippen LogP contribution in [0.4, 0.5) is 4.79 Å². The van der Waals surface area contributed by atoms with E-state index in [9.17, 15) is 4.79 Å². The van der Waals surface area contributed by atoms with Gasteiger partial charge in [-0.05, 0) is 62.0 Å². The number of hydrogen-bond acceptors (Lipinski definition) is 3. The number of carbonyl (C=O) groups is 1. The van der Waals surface area contributed by atoms with Crippen molar-refractivity contribution in [1.29, 1.82) is 0 Å². The van der Waals surface area contributed by atoms with E-state index >= 15 is 0 Å². The van der Waals surface area contributed by atoms with Crippen molar-refractivity contribution in [3.05, 3.63) is 29.3 Å². The van der Waals surface area contributed by atoms with Crippen LogP contribution < -0.4 is 10.1 Å². The Morgan fingerprint density at radius 3 is 2.85 bits per heavy atom. The lowest BCUT2D eigenvalue weighted by atomic mass is 9.98. The lowest BCUT2D eigenvalue weighted by Crippen LogP contribution is -2.31. The maximum Gasteiger partial charge on any atom is 0.412 e. The molecule has 1 aliphatic carbocycles. The van der Waals surface area contributed by atoms with Gasteiger partial charge in [0.25, 0.3) is 0 Å². The van der Waals surface area contributed by atoms with Gasteiger partial charge < -0.3 is 10.1 Å². The maximum absolute atomic E-state index is 12.0. The summed E-state index contributed by atoms with van der Waals surface area (Å²) in [5, 5.41) is 2.88. The van der Waals surface area contributed by atoms with Gasteiger partial charge in [0.1, 0.15) is 5.75 Å². The van der Waals surface area contributed by atoms with Crippen molar-refractivity contribution in [2.75, 3.05) is 19.6 Å². The smallest absolute Gasteiger partial charge is 0.410 e. The largest absolute Gasteiger partial charge is 0.412 e. The number of rotatable bonds is 9. The van der Waals surface area contributed by atoms with E-state index in [1.807, 2.05) is 6.07 Å². The van der Waals surface area contributed by atoms with Gasteiger partial charge in [-0.3, -0.25) is 4.90 Å². The third kappa shape index (κ3) is 4.59. The van der Waals surface area contributed by atoms with Gasteiger partial charge >= 0.3 is 6.09 Å². The van der Waals surface area contributed by atoms with Crippen molar-refractivity contribution in [3.63, 3.8) is 0 Å². The molecule has 2 aliphatic rings. The molecule has 0 spiro atoms. The Kier molecular flexibility index (Phi) is 6.95. The summed E-state index contributed by atoms with van der Waals surface area (Å²) in [4.78, 5) is 14.7. The van der Waals surface area contributed by atoms with E-state index in [0.29, 0.717) is 24.3 Å². The summed E-state index contributed by atoms with van der Waals surface area (Å²) >= 11 is 0. The van der Waals surface area contributed by atoms with Crippen molar-refractivity contribution in [2.24, 2.45) is 0 Å².